The monoisotopic (exact) mass is 315 g/mol. The van der Waals surface area contributed by atoms with E-state index in [-0.39, 0.29) is 11.5 Å². The fraction of sp³-hybridized carbons (Fsp3) is 0.800. The topological polar surface area (TPSA) is 64.0 Å². The molecular formula is C15H29N3O2S. The molecule has 0 unspecified atom stereocenters. The minimum Gasteiger partial charge on any atom is -0.313 e. The van der Waals surface area contributed by atoms with Crippen LogP contribution in [0.2, 0.25) is 0 Å². The number of hydrogen-bond acceptors (Lipinski definition) is 4. The maximum Gasteiger partial charge on any atom is 0.152 e. The van der Waals surface area contributed by atoms with E-state index in [9.17, 15) is 8.42 Å². The van der Waals surface area contributed by atoms with Gasteiger partial charge >= 0.3 is 0 Å². The largest absolute Gasteiger partial charge is 0.313 e. The van der Waals surface area contributed by atoms with Gasteiger partial charge < -0.3 is 5.32 Å². The lowest BCUT2D eigenvalue weighted by molar-refractivity contribution is 0.570. The van der Waals surface area contributed by atoms with Crippen molar-refractivity contribution in [1.29, 1.82) is 0 Å². The van der Waals surface area contributed by atoms with Gasteiger partial charge in [-0.1, -0.05) is 27.7 Å². The minimum absolute atomic E-state index is 0.180. The predicted molar refractivity (Wildman–Crippen MR) is 87.3 cm³/mol. The molecule has 0 aromatic carbocycles. The summed E-state index contributed by atoms with van der Waals surface area (Å²) in [5.41, 5.74) is 3.50. The Balaban J connectivity index is 2.94. The van der Waals surface area contributed by atoms with Crippen molar-refractivity contribution in [3.05, 3.63) is 17.0 Å². The second kappa shape index (κ2) is 8.54. The Bertz CT molecular complexity index is 535. The van der Waals surface area contributed by atoms with Crippen LogP contribution in [0.25, 0.3) is 0 Å². The zero-order valence-corrected chi connectivity index (χ0v) is 14.6. The normalized spacial score (nSPS) is 12.0. The van der Waals surface area contributed by atoms with Crippen molar-refractivity contribution in [2.24, 2.45) is 0 Å². The van der Waals surface area contributed by atoms with E-state index < -0.39 is 9.84 Å². The predicted octanol–water partition coefficient (Wildman–Crippen LogP) is 1.94. The van der Waals surface area contributed by atoms with Gasteiger partial charge in [0.05, 0.1) is 18.0 Å². The zero-order chi connectivity index (χ0) is 15.9. The van der Waals surface area contributed by atoms with E-state index in [0.717, 1.165) is 31.6 Å². The van der Waals surface area contributed by atoms with Crippen molar-refractivity contribution in [1.82, 2.24) is 15.1 Å². The summed E-state index contributed by atoms with van der Waals surface area (Å²) >= 11 is 0. The molecule has 0 aliphatic rings. The molecule has 1 aromatic heterocycles. The van der Waals surface area contributed by atoms with Crippen LogP contribution < -0.4 is 5.32 Å². The van der Waals surface area contributed by atoms with Crippen LogP contribution in [0.3, 0.4) is 0 Å². The van der Waals surface area contributed by atoms with Crippen molar-refractivity contribution in [2.45, 2.75) is 60.0 Å². The zero-order valence-electron chi connectivity index (χ0n) is 13.8. The lowest BCUT2D eigenvalue weighted by Crippen LogP contribution is -2.18. The first-order valence-corrected chi connectivity index (χ1v) is 9.79. The molecule has 0 saturated carbocycles. The molecule has 1 heterocycles. The fourth-order valence-electron chi connectivity index (χ4n) is 2.55. The number of rotatable bonds is 10. The number of aromatic nitrogens is 2. The van der Waals surface area contributed by atoms with Crippen LogP contribution in [-0.2, 0) is 35.8 Å². The summed E-state index contributed by atoms with van der Waals surface area (Å²) in [6.07, 6.45) is 2.43. The van der Waals surface area contributed by atoms with Crippen LogP contribution in [-0.4, -0.2) is 36.2 Å². The Kier molecular flexibility index (Phi) is 7.39. The molecule has 1 N–H and O–H groups in total. The van der Waals surface area contributed by atoms with Crippen molar-refractivity contribution < 1.29 is 8.42 Å². The first-order chi connectivity index (χ1) is 9.99. The standard InChI is InChI=1S/C15H29N3O2S/c1-5-10-21(19,20)11-9-18-15(7-3)13(12-16-8-4)14(6-2)17-18/h16H,5-12H2,1-4H3. The Labute approximate surface area is 129 Å². The number of nitrogens with zero attached hydrogens (tertiary/aromatic N) is 2. The lowest BCUT2D eigenvalue weighted by atomic mass is 10.1. The van der Waals surface area contributed by atoms with Crippen LogP contribution >= 0.6 is 0 Å². The number of nitrogens with one attached hydrogen (secondary N) is 1. The molecule has 0 aliphatic carbocycles. The van der Waals surface area contributed by atoms with Gasteiger partial charge in [0, 0.05) is 23.6 Å². The highest BCUT2D eigenvalue weighted by Gasteiger charge is 2.17. The van der Waals surface area contributed by atoms with Gasteiger partial charge in [0.1, 0.15) is 0 Å². The maximum atomic E-state index is 11.9. The van der Waals surface area contributed by atoms with E-state index in [1.807, 2.05) is 11.6 Å². The van der Waals surface area contributed by atoms with Gasteiger partial charge in [0.25, 0.3) is 0 Å². The highest BCUT2D eigenvalue weighted by Crippen LogP contribution is 2.16. The molecule has 5 nitrogen and oxygen atoms in total. The number of hydrogen-bond donors (Lipinski definition) is 1. The summed E-state index contributed by atoms with van der Waals surface area (Å²) in [5.74, 6) is 0.444. The molecule has 1 aromatic rings. The van der Waals surface area contributed by atoms with Gasteiger partial charge in [-0.05, 0) is 25.8 Å². The van der Waals surface area contributed by atoms with Crippen LogP contribution in [0.1, 0.15) is 51.1 Å². The van der Waals surface area contributed by atoms with E-state index in [1.165, 1.54) is 11.3 Å². The molecule has 0 radical (unpaired) electrons. The molecule has 0 atom stereocenters. The fourth-order valence-corrected chi connectivity index (χ4v) is 3.82. The first-order valence-electron chi connectivity index (χ1n) is 7.97. The van der Waals surface area contributed by atoms with Gasteiger partial charge in [-0.3, -0.25) is 4.68 Å². The maximum absolute atomic E-state index is 11.9. The van der Waals surface area contributed by atoms with E-state index in [4.69, 9.17) is 0 Å². The summed E-state index contributed by atoms with van der Waals surface area (Å²) < 4.78 is 25.7. The Morgan fingerprint density at radius 2 is 1.81 bits per heavy atom. The Hall–Kier alpha value is -0.880. The molecule has 0 bridgehead atoms. The molecule has 6 heteroatoms. The van der Waals surface area contributed by atoms with Gasteiger partial charge in [-0.15, -0.1) is 0 Å². The second-order valence-corrected chi connectivity index (χ2v) is 7.54. The van der Waals surface area contributed by atoms with E-state index in [0.29, 0.717) is 13.0 Å². The molecule has 0 spiro atoms. The van der Waals surface area contributed by atoms with Crippen molar-refractivity contribution >= 4 is 9.84 Å². The van der Waals surface area contributed by atoms with Gasteiger partial charge in [-0.25, -0.2) is 8.42 Å². The highest BCUT2D eigenvalue weighted by atomic mass is 32.2. The van der Waals surface area contributed by atoms with Gasteiger partial charge in [0.2, 0.25) is 0 Å². The smallest absolute Gasteiger partial charge is 0.152 e. The molecule has 0 fully saturated rings. The van der Waals surface area contributed by atoms with Crippen molar-refractivity contribution in [2.75, 3.05) is 18.1 Å². The molecule has 21 heavy (non-hydrogen) atoms. The highest BCUT2D eigenvalue weighted by molar-refractivity contribution is 7.91. The van der Waals surface area contributed by atoms with Gasteiger partial charge in [0.15, 0.2) is 9.84 Å². The number of sulfone groups is 1. The summed E-state index contributed by atoms with van der Waals surface area (Å²) in [6, 6.07) is 0. The summed E-state index contributed by atoms with van der Waals surface area (Å²) in [7, 11) is -2.96. The Morgan fingerprint density at radius 3 is 2.33 bits per heavy atom. The summed E-state index contributed by atoms with van der Waals surface area (Å²) in [5, 5.41) is 7.98. The second-order valence-electron chi connectivity index (χ2n) is 5.23. The molecule has 0 saturated heterocycles. The SMILES string of the molecule is CCCS(=O)(=O)CCn1nc(CC)c(CNCC)c1CC. The van der Waals surface area contributed by atoms with Crippen LogP contribution in [0.5, 0.6) is 0 Å². The van der Waals surface area contributed by atoms with E-state index >= 15 is 0 Å². The molecule has 1 rings (SSSR count). The molecule has 0 amide bonds. The third kappa shape index (κ3) is 5.11. The van der Waals surface area contributed by atoms with E-state index in [2.05, 4.69) is 31.2 Å². The third-order valence-corrected chi connectivity index (χ3v) is 5.44. The minimum atomic E-state index is -2.96. The quantitative estimate of drug-likeness (QED) is 0.717. The molecular weight excluding hydrogens is 286 g/mol. The van der Waals surface area contributed by atoms with E-state index in [1.54, 1.807) is 0 Å². The lowest BCUT2D eigenvalue weighted by Gasteiger charge is -2.09. The first kappa shape index (κ1) is 18.2. The van der Waals surface area contributed by atoms with Gasteiger partial charge in [-0.2, -0.15) is 5.10 Å². The average molecular weight is 315 g/mol. The summed E-state index contributed by atoms with van der Waals surface area (Å²) in [6.45, 7) is 10.4. The van der Waals surface area contributed by atoms with Crippen LogP contribution in [0, 0.1) is 0 Å². The molecule has 122 valence electrons. The Morgan fingerprint density at radius 1 is 1.10 bits per heavy atom. The number of aryl methyl sites for hydroxylation is 2. The summed E-state index contributed by atoms with van der Waals surface area (Å²) in [4.78, 5) is 0. The average Bonchev–Trinajstić information content (AvgIpc) is 2.79. The third-order valence-electron chi connectivity index (χ3n) is 3.60. The van der Waals surface area contributed by atoms with Crippen molar-refractivity contribution in [3.8, 4) is 0 Å². The van der Waals surface area contributed by atoms with Crippen molar-refractivity contribution in [3.63, 3.8) is 0 Å². The molecule has 0 aliphatic heterocycles. The van der Waals surface area contributed by atoms with Crippen LogP contribution in [0.15, 0.2) is 0 Å². The van der Waals surface area contributed by atoms with Crippen LogP contribution in [0.4, 0.5) is 0 Å².